The molecule has 1 fully saturated rings. The van der Waals surface area contributed by atoms with Crippen LogP contribution in [0.4, 0.5) is 4.39 Å². The lowest BCUT2D eigenvalue weighted by Gasteiger charge is -2.39. The average Bonchev–Trinajstić information content (AvgIpc) is 3.00. The third-order valence-corrected chi connectivity index (χ3v) is 6.52. The molecule has 32 heavy (non-hydrogen) atoms. The first-order valence-electron chi connectivity index (χ1n) is 10.6. The van der Waals surface area contributed by atoms with Crippen LogP contribution in [0.25, 0.3) is 0 Å². The quantitative estimate of drug-likeness (QED) is 0.502. The molecule has 0 bridgehead atoms. The zero-order valence-corrected chi connectivity index (χ0v) is 20.0. The fraction of sp³-hybridized carbons (Fsp3) is 0.458. The van der Waals surface area contributed by atoms with Gasteiger partial charge in [0.2, 0.25) is 5.91 Å². The van der Waals surface area contributed by atoms with Gasteiger partial charge in [-0.3, -0.25) is 4.79 Å². The number of aliphatic hydroxyl groups excluding tert-OH is 1. The molecule has 0 saturated carbocycles. The van der Waals surface area contributed by atoms with Crippen LogP contribution in [-0.2, 0) is 10.3 Å². The Kier molecular flexibility index (Phi) is 7.52. The molecule has 5 nitrogen and oxygen atoms in total. The number of aliphatic hydroxyl groups is 1. The first-order valence-corrected chi connectivity index (χ1v) is 11.4. The van der Waals surface area contributed by atoms with Crippen LogP contribution in [0, 0.1) is 11.2 Å². The van der Waals surface area contributed by atoms with Crippen molar-refractivity contribution < 1.29 is 14.3 Å². The molecule has 1 saturated heterocycles. The van der Waals surface area contributed by atoms with E-state index in [9.17, 15) is 9.90 Å². The highest BCUT2D eigenvalue weighted by Gasteiger charge is 2.57. The summed E-state index contributed by atoms with van der Waals surface area (Å²) >= 11 is 12.2. The van der Waals surface area contributed by atoms with E-state index in [0.717, 1.165) is 5.56 Å². The van der Waals surface area contributed by atoms with Crippen molar-refractivity contribution in [2.45, 2.75) is 50.7 Å². The van der Waals surface area contributed by atoms with Gasteiger partial charge in [0, 0.05) is 23.5 Å². The van der Waals surface area contributed by atoms with Gasteiger partial charge in [0.1, 0.15) is 5.82 Å². The van der Waals surface area contributed by atoms with Gasteiger partial charge in [-0.15, -0.1) is 0 Å². The predicted molar refractivity (Wildman–Crippen MR) is 126 cm³/mol. The Bertz CT molecular complexity index is 965. The minimum atomic E-state index is -1.13. The number of nitrogens with one attached hydrogen (secondary N) is 2. The molecule has 1 aliphatic heterocycles. The van der Waals surface area contributed by atoms with E-state index < -0.39 is 23.3 Å². The monoisotopic (exact) mass is 481 g/mol. The van der Waals surface area contributed by atoms with Crippen molar-refractivity contribution in [1.29, 1.82) is 0 Å². The summed E-state index contributed by atoms with van der Waals surface area (Å²) in [7, 11) is 0. The van der Waals surface area contributed by atoms with E-state index in [0.29, 0.717) is 11.4 Å². The summed E-state index contributed by atoms with van der Waals surface area (Å²) in [6.45, 7) is 6.15. The van der Waals surface area contributed by atoms with Crippen LogP contribution in [0.15, 0.2) is 42.5 Å². The van der Waals surface area contributed by atoms with Crippen LogP contribution in [0.5, 0.6) is 0 Å². The standard InChI is InChI=1S/C24H30Cl2FN3O2/c1-23(2,3)13-18-24(28,14-7-9-15(25)10-8-14)19(16-5-4-6-17(26)20(16)27)21(30-18)22(32)29-11-12-31/h4-10,18-19,21,30-31H,11-13,28H2,1-3H3,(H,29,32)/t18-,19-,21+,24+/m0/s1. The van der Waals surface area contributed by atoms with Crippen LogP contribution in [0.1, 0.15) is 44.2 Å². The molecule has 1 heterocycles. The predicted octanol–water partition coefficient (Wildman–Crippen LogP) is 3.96. The molecular weight excluding hydrogens is 452 g/mol. The third kappa shape index (κ3) is 4.95. The maximum Gasteiger partial charge on any atom is 0.237 e. The van der Waals surface area contributed by atoms with Crippen LogP contribution in [-0.4, -0.2) is 36.2 Å². The van der Waals surface area contributed by atoms with Crippen LogP contribution < -0.4 is 16.4 Å². The molecule has 0 unspecified atom stereocenters. The minimum absolute atomic E-state index is 0.0326. The Morgan fingerprint density at radius 3 is 2.47 bits per heavy atom. The Morgan fingerprint density at radius 1 is 1.22 bits per heavy atom. The molecule has 1 amide bonds. The van der Waals surface area contributed by atoms with Gasteiger partial charge in [-0.25, -0.2) is 4.39 Å². The Hall–Kier alpha value is -1.70. The highest BCUT2D eigenvalue weighted by Crippen LogP contribution is 2.49. The molecule has 0 spiro atoms. The van der Waals surface area contributed by atoms with Crippen molar-refractivity contribution in [2.24, 2.45) is 11.1 Å². The van der Waals surface area contributed by atoms with E-state index in [4.69, 9.17) is 28.9 Å². The number of rotatable bonds is 6. The number of carbonyl (C=O) groups excluding carboxylic acids is 1. The average molecular weight is 482 g/mol. The van der Waals surface area contributed by atoms with Gasteiger partial charge in [-0.1, -0.05) is 68.2 Å². The molecule has 0 aromatic heterocycles. The molecule has 4 atom stereocenters. The molecule has 8 heteroatoms. The van der Waals surface area contributed by atoms with Gasteiger partial charge < -0.3 is 21.5 Å². The van der Waals surface area contributed by atoms with Crippen molar-refractivity contribution in [1.82, 2.24) is 10.6 Å². The second-order valence-corrected chi connectivity index (χ2v) is 10.4. The number of halogens is 3. The third-order valence-electron chi connectivity index (χ3n) is 5.98. The summed E-state index contributed by atoms with van der Waals surface area (Å²) < 4.78 is 15.3. The summed E-state index contributed by atoms with van der Waals surface area (Å²) in [6, 6.07) is 10.7. The van der Waals surface area contributed by atoms with Crippen LogP contribution >= 0.6 is 23.2 Å². The molecule has 2 aromatic rings. The van der Waals surface area contributed by atoms with E-state index in [2.05, 4.69) is 31.4 Å². The van der Waals surface area contributed by atoms with Gasteiger partial charge in [0.05, 0.1) is 23.2 Å². The van der Waals surface area contributed by atoms with Gasteiger partial charge in [-0.05, 0) is 41.2 Å². The first-order chi connectivity index (χ1) is 15.0. The van der Waals surface area contributed by atoms with Crippen LogP contribution in [0.2, 0.25) is 10.0 Å². The number of benzene rings is 2. The smallest absolute Gasteiger partial charge is 0.237 e. The number of amides is 1. The normalized spacial score (nSPS) is 25.7. The maximum atomic E-state index is 15.3. The van der Waals surface area contributed by atoms with E-state index in [-0.39, 0.29) is 41.1 Å². The van der Waals surface area contributed by atoms with Gasteiger partial charge in [-0.2, -0.15) is 0 Å². The fourth-order valence-corrected chi connectivity index (χ4v) is 4.92. The molecular formula is C24H30Cl2FN3O2. The first kappa shape index (κ1) is 24.9. The van der Waals surface area contributed by atoms with Crippen molar-refractivity contribution in [2.75, 3.05) is 13.2 Å². The molecule has 2 aromatic carbocycles. The Balaban J connectivity index is 2.22. The molecule has 1 aliphatic rings. The Labute approximate surface area is 198 Å². The van der Waals surface area contributed by atoms with Gasteiger partial charge in [0.15, 0.2) is 0 Å². The molecule has 0 aliphatic carbocycles. The van der Waals surface area contributed by atoms with Crippen LogP contribution in [0.3, 0.4) is 0 Å². The van der Waals surface area contributed by atoms with Crippen molar-refractivity contribution in [3.63, 3.8) is 0 Å². The number of hydrogen-bond acceptors (Lipinski definition) is 4. The minimum Gasteiger partial charge on any atom is -0.395 e. The number of hydrogen-bond donors (Lipinski definition) is 4. The molecule has 174 valence electrons. The second kappa shape index (κ2) is 9.65. The number of carbonyl (C=O) groups is 1. The molecule has 5 N–H and O–H groups in total. The SMILES string of the molecule is CC(C)(C)C[C@@H]1N[C@@H](C(=O)NCCO)[C@H](c2cccc(Cl)c2F)[C@@]1(N)c1ccc(Cl)cc1. The highest BCUT2D eigenvalue weighted by atomic mass is 35.5. The van der Waals surface area contributed by atoms with E-state index >= 15 is 4.39 Å². The fourth-order valence-electron chi connectivity index (χ4n) is 4.62. The van der Waals surface area contributed by atoms with Crippen molar-refractivity contribution in [3.05, 3.63) is 69.5 Å². The number of nitrogens with two attached hydrogens (primary N) is 1. The zero-order chi connectivity index (χ0) is 23.7. The summed E-state index contributed by atoms with van der Waals surface area (Å²) in [6.07, 6.45) is 0.634. The van der Waals surface area contributed by atoms with E-state index in [1.807, 2.05) is 12.1 Å². The lowest BCUT2D eigenvalue weighted by atomic mass is 9.68. The highest BCUT2D eigenvalue weighted by molar-refractivity contribution is 6.31. The summed E-state index contributed by atoms with van der Waals surface area (Å²) in [5.74, 6) is -1.71. The van der Waals surface area contributed by atoms with Gasteiger partial charge in [0.25, 0.3) is 0 Å². The lowest BCUT2D eigenvalue weighted by Crippen LogP contribution is -2.52. The second-order valence-electron chi connectivity index (χ2n) is 9.54. The zero-order valence-electron chi connectivity index (χ0n) is 18.5. The van der Waals surface area contributed by atoms with Crippen molar-refractivity contribution in [3.8, 4) is 0 Å². The molecule has 0 radical (unpaired) electrons. The maximum absolute atomic E-state index is 15.3. The van der Waals surface area contributed by atoms with Gasteiger partial charge >= 0.3 is 0 Å². The van der Waals surface area contributed by atoms with E-state index in [1.165, 1.54) is 6.07 Å². The summed E-state index contributed by atoms with van der Waals surface area (Å²) in [4.78, 5) is 13.2. The lowest BCUT2D eigenvalue weighted by molar-refractivity contribution is -0.123. The summed E-state index contributed by atoms with van der Waals surface area (Å²) in [5.41, 5.74) is 6.94. The van der Waals surface area contributed by atoms with Crippen molar-refractivity contribution >= 4 is 29.1 Å². The Morgan fingerprint density at radius 2 is 1.88 bits per heavy atom. The largest absolute Gasteiger partial charge is 0.395 e. The van der Waals surface area contributed by atoms with E-state index in [1.54, 1.807) is 24.3 Å². The topological polar surface area (TPSA) is 87.4 Å². The summed E-state index contributed by atoms with van der Waals surface area (Å²) in [5, 5.41) is 15.8. The molecule has 3 rings (SSSR count).